The standard InChI is InChI=1S/C12H13N3O2/c1-15(2)8-4-3-7-5-9(11(13)16)12(14)17-10(7)6-8/h3-6,14H,1-2H3,(H2,13,16). The number of amides is 1. The number of carbonyl (C=O) groups excluding carboxylic acids is 1. The molecule has 0 saturated heterocycles. The van der Waals surface area contributed by atoms with Crippen molar-refractivity contribution in [3.8, 4) is 0 Å². The molecule has 1 amide bonds. The number of anilines is 1. The molecule has 0 saturated carbocycles. The molecule has 17 heavy (non-hydrogen) atoms. The highest BCUT2D eigenvalue weighted by Gasteiger charge is 2.08. The number of fused-ring (bicyclic) bond motifs is 1. The van der Waals surface area contributed by atoms with Crippen LogP contribution >= 0.6 is 0 Å². The molecule has 5 nitrogen and oxygen atoms in total. The van der Waals surface area contributed by atoms with Crippen molar-refractivity contribution in [3.05, 3.63) is 35.4 Å². The minimum absolute atomic E-state index is 0.0927. The summed E-state index contributed by atoms with van der Waals surface area (Å²) in [5, 5.41) is 8.33. The number of carbonyl (C=O) groups is 1. The zero-order chi connectivity index (χ0) is 12.6. The summed E-state index contributed by atoms with van der Waals surface area (Å²) in [5.74, 6) is -0.655. The number of nitrogens with two attached hydrogens (primary N) is 1. The molecular weight excluding hydrogens is 218 g/mol. The lowest BCUT2D eigenvalue weighted by Crippen LogP contribution is -2.20. The molecule has 0 bridgehead atoms. The van der Waals surface area contributed by atoms with Gasteiger partial charge in [-0.3, -0.25) is 10.2 Å². The lowest BCUT2D eigenvalue weighted by molar-refractivity contribution is 0.0996. The van der Waals surface area contributed by atoms with Crippen LogP contribution in [0.25, 0.3) is 11.0 Å². The molecule has 0 aliphatic carbocycles. The van der Waals surface area contributed by atoms with Crippen LogP contribution in [0.3, 0.4) is 0 Å². The molecule has 1 aromatic heterocycles. The summed E-state index contributed by atoms with van der Waals surface area (Å²) in [4.78, 5) is 13.0. The van der Waals surface area contributed by atoms with Gasteiger partial charge in [-0.05, 0) is 18.2 Å². The lowest BCUT2D eigenvalue weighted by atomic mass is 10.1. The quantitative estimate of drug-likeness (QED) is 0.811. The molecule has 0 radical (unpaired) electrons. The summed E-state index contributed by atoms with van der Waals surface area (Å²) in [6, 6.07) is 7.13. The predicted octanol–water partition coefficient (Wildman–Crippen LogP) is 1.08. The Morgan fingerprint density at radius 2 is 2.06 bits per heavy atom. The van der Waals surface area contributed by atoms with E-state index in [4.69, 9.17) is 15.6 Å². The topological polar surface area (TPSA) is 83.3 Å². The van der Waals surface area contributed by atoms with Crippen LogP contribution in [0, 0.1) is 5.41 Å². The first-order valence-corrected chi connectivity index (χ1v) is 5.08. The Labute approximate surface area is 98.0 Å². The maximum Gasteiger partial charge on any atom is 0.254 e. The van der Waals surface area contributed by atoms with E-state index in [9.17, 15) is 4.79 Å². The molecule has 0 fully saturated rings. The van der Waals surface area contributed by atoms with Crippen LogP contribution in [0.1, 0.15) is 10.4 Å². The Balaban J connectivity index is 2.70. The van der Waals surface area contributed by atoms with Crippen LogP contribution < -0.4 is 16.2 Å². The van der Waals surface area contributed by atoms with Crippen LogP contribution in [0.4, 0.5) is 5.69 Å². The van der Waals surface area contributed by atoms with E-state index >= 15 is 0 Å². The van der Waals surface area contributed by atoms with E-state index in [1.54, 1.807) is 6.07 Å². The second-order valence-electron chi connectivity index (χ2n) is 3.97. The molecule has 0 spiro atoms. The summed E-state index contributed by atoms with van der Waals surface area (Å²) < 4.78 is 5.28. The van der Waals surface area contributed by atoms with Crippen molar-refractivity contribution in [2.45, 2.75) is 0 Å². The van der Waals surface area contributed by atoms with Crippen molar-refractivity contribution in [2.24, 2.45) is 5.73 Å². The number of hydrogen-bond donors (Lipinski definition) is 2. The molecule has 5 heteroatoms. The van der Waals surface area contributed by atoms with E-state index in [0.29, 0.717) is 5.58 Å². The molecule has 2 aromatic rings. The average Bonchev–Trinajstić information content (AvgIpc) is 2.26. The third-order valence-corrected chi connectivity index (χ3v) is 2.54. The van der Waals surface area contributed by atoms with Crippen LogP contribution in [-0.2, 0) is 0 Å². The Kier molecular flexibility index (Phi) is 2.59. The fourth-order valence-electron chi connectivity index (χ4n) is 1.58. The Morgan fingerprint density at radius 1 is 1.35 bits per heavy atom. The van der Waals surface area contributed by atoms with Crippen LogP contribution in [0.2, 0.25) is 0 Å². The van der Waals surface area contributed by atoms with E-state index in [1.165, 1.54) is 0 Å². The third kappa shape index (κ3) is 1.99. The first-order chi connectivity index (χ1) is 7.99. The zero-order valence-corrected chi connectivity index (χ0v) is 9.65. The number of nitrogens with one attached hydrogen (secondary N) is 1. The van der Waals surface area contributed by atoms with Gasteiger partial charge in [-0.2, -0.15) is 0 Å². The van der Waals surface area contributed by atoms with E-state index < -0.39 is 5.91 Å². The van der Waals surface area contributed by atoms with Gasteiger partial charge in [-0.1, -0.05) is 0 Å². The third-order valence-electron chi connectivity index (χ3n) is 2.54. The molecule has 1 heterocycles. The number of rotatable bonds is 2. The van der Waals surface area contributed by atoms with E-state index in [0.717, 1.165) is 11.1 Å². The highest BCUT2D eigenvalue weighted by atomic mass is 16.3. The SMILES string of the molecule is CN(C)c1ccc2cc(C(N)=O)c(=N)oc2c1. The second kappa shape index (κ2) is 3.93. The van der Waals surface area contributed by atoms with E-state index in [1.807, 2.05) is 37.2 Å². The Bertz CT molecular complexity index is 644. The normalized spacial score (nSPS) is 10.5. The molecular formula is C12H13N3O2. The molecule has 2 rings (SSSR count). The number of primary amides is 1. The summed E-state index contributed by atoms with van der Waals surface area (Å²) in [6.45, 7) is 0. The molecule has 0 aliphatic rings. The first-order valence-electron chi connectivity index (χ1n) is 5.08. The van der Waals surface area contributed by atoms with Gasteiger partial charge in [0.05, 0.1) is 0 Å². The van der Waals surface area contributed by atoms with Crippen LogP contribution in [0.5, 0.6) is 0 Å². The summed E-state index contributed by atoms with van der Waals surface area (Å²) >= 11 is 0. The van der Waals surface area contributed by atoms with Gasteiger partial charge in [0.1, 0.15) is 11.1 Å². The zero-order valence-electron chi connectivity index (χ0n) is 9.65. The van der Waals surface area contributed by atoms with Gasteiger partial charge in [-0.25, -0.2) is 0 Å². The van der Waals surface area contributed by atoms with Crippen molar-refractivity contribution < 1.29 is 9.21 Å². The van der Waals surface area contributed by atoms with E-state index in [-0.39, 0.29) is 11.1 Å². The minimum atomic E-state index is -0.655. The van der Waals surface area contributed by atoms with Crippen LogP contribution in [0.15, 0.2) is 28.7 Å². The van der Waals surface area contributed by atoms with Crippen molar-refractivity contribution in [2.75, 3.05) is 19.0 Å². The number of benzene rings is 1. The summed E-state index contributed by atoms with van der Waals surface area (Å²) in [5.41, 5.74) is 6.57. The Morgan fingerprint density at radius 3 is 2.65 bits per heavy atom. The van der Waals surface area contributed by atoms with Crippen molar-refractivity contribution in [1.29, 1.82) is 5.41 Å². The second-order valence-corrected chi connectivity index (χ2v) is 3.97. The molecule has 0 aliphatic heterocycles. The average molecular weight is 231 g/mol. The minimum Gasteiger partial charge on any atom is -0.438 e. The maximum absolute atomic E-state index is 11.1. The lowest BCUT2D eigenvalue weighted by Gasteiger charge is -2.12. The van der Waals surface area contributed by atoms with Gasteiger partial charge in [-0.15, -0.1) is 0 Å². The summed E-state index contributed by atoms with van der Waals surface area (Å²) in [6.07, 6.45) is 0. The van der Waals surface area contributed by atoms with Crippen molar-refractivity contribution in [1.82, 2.24) is 0 Å². The molecule has 0 unspecified atom stereocenters. The smallest absolute Gasteiger partial charge is 0.254 e. The van der Waals surface area contributed by atoms with Crippen molar-refractivity contribution in [3.63, 3.8) is 0 Å². The highest BCUT2D eigenvalue weighted by Crippen LogP contribution is 2.20. The molecule has 0 atom stereocenters. The molecule has 3 N–H and O–H groups in total. The van der Waals surface area contributed by atoms with Crippen molar-refractivity contribution >= 4 is 22.6 Å². The van der Waals surface area contributed by atoms with Gasteiger partial charge in [0, 0.05) is 31.2 Å². The number of hydrogen-bond acceptors (Lipinski definition) is 4. The maximum atomic E-state index is 11.1. The monoisotopic (exact) mass is 231 g/mol. The molecule has 1 aromatic carbocycles. The van der Waals surface area contributed by atoms with Gasteiger partial charge in [0.2, 0.25) is 5.55 Å². The Hall–Kier alpha value is -2.30. The van der Waals surface area contributed by atoms with Gasteiger partial charge in [0.25, 0.3) is 5.91 Å². The summed E-state index contributed by atoms with van der Waals surface area (Å²) in [7, 11) is 3.83. The molecule has 88 valence electrons. The number of nitrogens with zero attached hydrogens (tertiary/aromatic N) is 1. The largest absolute Gasteiger partial charge is 0.438 e. The highest BCUT2D eigenvalue weighted by molar-refractivity contribution is 5.95. The van der Waals surface area contributed by atoms with E-state index in [2.05, 4.69) is 0 Å². The van der Waals surface area contributed by atoms with Gasteiger partial charge in [0.15, 0.2) is 0 Å². The predicted molar refractivity (Wildman–Crippen MR) is 64.9 cm³/mol. The first kappa shape index (κ1) is 11.2. The van der Waals surface area contributed by atoms with Gasteiger partial charge >= 0.3 is 0 Å². The fourth-order valence-corrected chi connectivity index (χ4v) is 1.58. The van der Waals surface area contributed by atoms with Gasteiger partial charge < -0.3 is 15.1 Å². The fraction of sp³-hybridized carbons (Fsp3) is 0.167. The van der Waals surface area contributed by atoms with Crippen LogP contribution in [-0.4, -0.2) is 20.0 Å².